The summed E-state index contributed by atoms with van der Waals surface area (Å²) in [5, 5.41) is 0. The van der Waals surface area contributed by atoms with Crippen LogP contribution in [0.2, 0.25) is 0 Å². The van der Waals surface area contributed by atoms with E-state index in [2.05, 4.69) is 0 Å². The van der Waals surface area contributed by atoms with Crippen molar-refractivity contribution in [1.82, 2.24) is 0 Å². The third-order valence-corrected chi connectivity index (χ3v) is 8.35. The third-order valence-electron chi connectivity index (χ3n) is 5.86. The Kier molecular flexibility index (Phi) is 5.17. The third kappa shape index (κ3) is 5.61. The second kappa shape index (κ2) is 11.1. The van der Waals surface area contributed by atoms with Gasteiger partial charge in [0, 0.05) is 45.6 Å². The van der Waals surface area contributed by atoms with E-state index < -0.39 is 26.0 Å². The zero-order chi connectivity index (χ0) is 32.2. The molecule has 0 atom stereocenters. The number of hydrogen-bond donors (Lipinski definition) is 0. The zero-order valence-corrected chi connectivity index (χ0v) is 22.4. The van der Waals surface area contributed by atoms with Crippen LogP contribution in [0.5, 0.6) is 0 Å². The molecule has 0 unspecified atom stereocenters. The summed E-state index contributed by atoms with van der Waals surface area (Å²) < 4.78 is 73.5. The van der Waals surface area contributed by atoms with Gasteiger partial charge in [-0.3, -0.25) is 0 Å². The molecular formula is C32H34N2S2. The molecule has 4 aromatic carbocycles. The van der Waals surface area contributed by atoms with E-state index in [1.54, 1.807) is 36.4 Å². The largest absolute Gasteiger partial charge is 0.367 e. The first-order valence-corrected chi connectivity index (χ1v) is 13.4. The summed E-state index contributed by atoms with van der Waals surface area (Å²) in [6.07, 6.45) is 0. The van der Waals surface area contributed by atoms with Gasteiger partial charge in [-0.05, 0) is 75.2 Å². The predicted molar refractivity (Wildman–Crippen MR) is 157 cm³/mol. The SMILES string of the molecule is [2H]C1([2H])N(c2ccccc2Sc2ccc(C)cc2C)C([2H])([2H])C([2H])([2H])N(c2ccccc2Sc2ccc(C)cc2C)C1([2H])[2H]. The number of anilines is 2. The number of rotatable bonds is 6. The molecule has 0 radical (unpaired) electrons. The van der Waals surface area contributed by atoms with Gasteiger partial charge in [-0.15, -0.1) is 0 Å². The minimum absolute atomic E-state index is 0.0674. The molecule has 0 saturated carbocycles. The van der Waals surface area contributed by atoms with Gasteiger partial charge in [-0.2, -0.15) is 0 Å². The number of piperazine rings is 1. The Morgan fingerprint density at radius 1 is 0.528 bits per heavy atom. The molecule has 0 spiro atoms. The average Bonchev–Trinajstić information content (AvgIpc) is 2.92. The van der Waals surface area contributed by atoms with E-state index in [9.17, 15) is 11.0 Å². The second-order valence-corrected chi connectivity index (χ2v) is 11.0. The smallest absolute Gasteiger partial charge is 0.0511 e. The summed E-state index contributed by atoms with van der Waals surface area (Å²) in [5.41, 5.74) is 4.28. The maximum absolute atomic E-state index is 9.18. The standard InChI is InChI=1S/C32H34N2S2/c1-23-13-15-29(25(3)21-23)35-31-11-7-5-9-27(31)33-17-19-34(20-18-33)28-10-6-8-12-32(28)36-30-16-14-24(2)22-26(30)4/h5-16,21-22H,17-20H2,1-4H3/i17D2,18D2,19D2,20D2. The van der Waals surface area contributed by atoms with Crippen LogP contribution in [0.4, 0.5) is 11.4 Å². The maximum atomic E-state index is 9.18. The molecule has 0 amide bonds. The van der Waals surface area contributed by atoms with Crippen LogP contribution in [0.1, 0.15) is 33.2 Å². The monoisotopic (exact) mass is 518 g/mol. The number of nitrogens with zero attached hydrogens (tertiary/aromatic N) is 2. The second-order valence-electron chi connectivity index (χ2n) is 8.80. The summed E-state index contributed by atoms with van der Waals surface area (Å²) >= 11 is 2.62. The van der Waals surface area contributed by atoms with E-state index >= 15 is 0 Å². The first-order chi connectivity index (χ1) is 20.5. The summed E-state index contributed by atoms with van der Waals surface area (Å²) in [6.45, 7) is -4.17. The lowest BCUT2D eigenvalue weighted by Crippen LogP contribution is -2.46. The van der Waals surface area contributed by atoms with Crippen molar-refractivity contribution in [2.45, 2.75) is 47.3 Å². The van der Waals surface area contributed by atoms with Crippen molar-refractivity contribution in [3.8, 4) is 0 Å². The van der Waals surface area contributed by atoms with Gasteiger partial charge in [0.15, 0.2) is 0 Å². The van der Waals surface area contributed by atoms with Gasteiger partial charge in [0.25, 0.3) is 0 Å². The Balaban J connectivity index is 1.64. The number of hydrogen-bond acceptors (Lipinski definition) is 4. The molecule has 4 heteroatoms. The number of aryl methyl sites for hydroxylation is 4. The van der Waals surface area contributed by atoms with Crippen molar-refractivity contribution in [3.63, 3.8) is 0 Å². The van der Waals surface area contributed by atoms with Crippen molar-refractivity contribution in [3.05, 3.63) is 107 Å². The Labute approximate surface area is 236 Å². The van der Waals surface area contributed by atoms with Gasteiger partial charge in [0.05, 0.1) is 22.3 Å². The molecule has 5 rings (SSSR count). The van der Waals surface area contributed by atoms with E-state index in [0.29, 0.717) is 19.6 Å². The average molecular weight is 519 g/mol. The van der Waals surface area contributed by atoms with E-state index in [1.807, 2.05) is 64.1 Å². The fourth-order valence-corrected chi connectivity index (χ4v) is 6.02. The summed E-state index contributed by atoms with van der Waals surface area (Å²) in [4.78, 5) is 4.04. The molecule has 0 N–H and O–H groups in total. The molecule has 1 heterocycles. The van der Waals surface area contributed by atoms with Crippen molar-refractivity contribution in [2.24, 2.45) is 0 Å². The highest BCUT2D eigenvalue weighted by Crippen LogP contribution is 2.40. The van der Waals surface area contributed by atoms with Crippen molar-refractivity contribution < 1.29 is 11.0 Å². The lowest BCUT2D eigenvalue weighted by molar-refractivity contribution is 0.647. The van der Waals surface area contributed by atoms with E-state index in [4.69, 9.17) is 0 Å². The molecule has 1 aliphatic rings. The quantitative estimate of drug-likeness (QED) is 0.252. The minimum Gasteiger partial charge on any atom is -0.367 e. The molecule has 1 saturated heterocycles. The van der Waals surface area contributed by atoms with Crippen LogP contribution in [0, 0.1) is 27.7 Å². The van der Waals surface area contributed by atoms with E-state index in [0.717, 1.165) is 32.0 Å². The van der Waals surface area contributed by atoms with Crippen LogP contribution in [-0.2, 0) is 0 Å². The van der Waals surface area contributed by atoms with Crippen LogP contribution in [0.3, 0.4) is 0 Å². The van der Waals surface area contributed by atoms with Crippen molar-refractivity contribution >= 4 is 34.9 Å². The van der Waals surface area contributed by atoms with Crippen LogP contribution < -0.4 is 9.80 Å². The normalized spacial score (nSPS) is 22.7. The summed E-state index contributed by atoms with van der Waals surface area (Å²) in [5.74, 6) is 0. The minimum atomic E-state index is -3.02. The van der Waals surface area contributed by atoms with Crippen LogP contribution in [-0.4, -0.2) is 26.0 Å². The lowest BCUT2D eigenvalue weighted by atomic mass is 10.2. The lowest BCUT2D eigenvalue weighted by Gasteiger charge is -2.38. The molecule has 0 bridgehead atoms. The maximum Gasteiger partial charge on any atom is 0.0511 e. The topological polar surface area (TPSA) is 6.48 Å². The van der Waals surface area contributed by atoms with E-state index in [-0.39, 0.29) is 11.4 Å². The Morgan fingerprint density at radius 2 is 0.917 bits per heavy atom. The van der Waals surface area contributed by atoms with E-state index in [1.165, 1.54) is 35.7 Å². The Hall–Kier alpha value is -2.82. The molecule has 36 heavy (non-hydrogen) atoms. The highest BCUT2D eigenvalue weighted by molar-refractivity contribution is 7.99. The van der Waals surface area contributed by atoms with Crippen molar-refractivity contribution in [1.29, 1.82) is 0 Å². The van der Waals surface area contributed by atoms with Gasteiger partial charge in [-0.1, -0.05) is 83.2 Å². The first kappa shape index (κ1) is 16.8. The highest BCUT2D eigenvalue weighted by atomic mass is 32.2. The van der Waals surface area contributed by atoms with Crippen LogP contribution in [0.25, 0.3) is 0 Å². The molecule has 0 aliphatic carbocycles. The highest BCUT2D eigenvalue weighted by Gasteiger charge is 2.22. The van der Waals surface area contributed by atoms with Gasteiger partial charge >= 0.3 is 0 Å². The zero-order valence-electron chi connectivity index (χ0n) is 28.8. The molecule has 1 aliphatic heterocycles. The molecule has 0 aromatic heterocycles. The number of para-hydroxylation sites is 2. The molecular weight excluding hydrogens is 477 g/mol. The molecule has 4 aromatic rings. The van der Waals surface area contributed by atoms with Gasteiger partial charge in [0.1, 0.15) is 0 Å². The summed E-state index contributed by atoms with van der Waals surface area (Å²) in [6, 6.07) is 25.1. The molecule has 184 valence electrons. The van der Waals surface area contributed by atoms with Gasteiger partial charge < -0.3 is 9.80 Å². The van der Waals surface area contributed by atoms with Gasteiger partial charge in [0.2, 0.25) is 0 Å². The van der Waals surface area contributed by atoms with Crippen LogP contribution in [0.15, 0.2) is 105 Å². The molecule has 2 nitrogen and oxygen atoms in total. The summed E-state index contributed by atoms with van der Waals surface area (Å²) in [7, 11) is 0. The Morgan fingerprint density at radius 3 is 1.31 bits per heavy atom. The Bertz CT molecular complexity index is 1560. The van der Waals surface area contributed by atoms with Crippen molar-refractivity contribution in [2.75, 3.05) is 35.8 Å². The predicted octanol–water partition coefficient (Wildman–Crippen LogP) is 8.55. The fraction of sp³-hybridized carbons (Fsp3) is 0.250. The first-order valence-electron chi connectivity index (χ1n) is 15.8. The van der Waals surface area contributed by atoms with Gasteiger partial charge in [-0.25, -0.2) is 0 Å². The fourth-order valence-electron chi connectivity index (χ4n) is 4.02. The van der Waals surface area contributed by atoms with Crippen LogP contribution >= 0.6 is 23.5 Å². The molecule has 1 fully saturated rings. The number of benzene rings is 4.